The fourth-order valence-electron chi connectivity index (χ4n) is 4.06. The van der Waals surface area contributed by atoms with Crippen molar-refractivity contribution in [1.29, 1.82) is 0 Å². The third kappa shape index (κ3) is 3.82. The lowest BCUT2D eigenvalue weighted by atomic mass is 9.99. The number of aromatic nitrogens is 2. The number of anilines is 1. The number of ether oxygens (including phenoxy) is 1. The second-order valence-corrected chi connectivity index (χ2v) is 9.68. The lowest BCUT2D eigenvalue weighted by Crippen LogP contribution is -2.39. The molecule has 1 saturated heterocycles. The van der Waals surface area contributed by atoms with Crippen molar-refractivity contribution in [2.24, 2.45) is 0 Å². The Labute approximate surface area is 180 Å². The zero-order chi connectivity index (χ0) is 21.4. The van der Waals surface area contributed by atoms with Gasteiger partial charge >= 0.3 is 0 Å². The Morgan fingerprint density at radius 1 is 1.13 bits per heavy atom. The number of aromatic amines is 1. The smallest absolute Gasteiger partial charge is 0.262 e. The molecule has 31 heavy (non-hydrogen) atoms. The van der Waals surface area contributed by atoms with Crippen molar-refractivity contribution in [2.45, 2.75) is 23.7 Å². The monoisotopic (exact) mass is 438 g/mol. The van der Waals surface area contributed by atoms with Gasteiger partial charge in [0.25, 0.3) is 5.91 Å². The minimum atomic E-state index is -3.71. The van der Waals surface area contributed by atoms with Crippen molar-refractivity contribution in [3.8, 4) is 17.0 Å². The molecule has 1 atom stereocenters. The fraction of sp³-hybridized carbons (Fsp3) is 0.273. The van der Waals surface area contributed by atoms with E-state index in [1.54, 1.807) is 12.3 Å². The molecule has 0 saturated carbocycles. The number of imidazole rings is 1. The van der Waals surface area contributed by atoms with Gasteiger partial charge in [-0.25, -0.2) is 13.4 Å². The number of hydrogen-bond donors (Lipinski definition) is 2. The van der Waals surface area contributed by atoms with Crippen molar-refractivity contribution in [2.75, 3.05) is 25.0 Å². The average molecular weight is 439 g/mol. The predicted molar refractivity (Wildman–Crippen MR) is 115 cm³/mol. The van der Waals surface area contributed by atoms with E-state index in [1.165, 1.54) is 16.4 Å². The zero-order valence-electron chi connectivity index (χ0n) is 16.7. The Bertz CT molecular complexity index is 1220. The maximum Gasteiger partial charge on any atom is 0.262 e. The van der Waals surface area contributed by atoms with Gasteiger partial charge in [0.1, 0.15) is 11.6 Å². The van der Waals surface area contributed by atoms with Crippen LogP contribution in [0, 0.1) is 0 Å². The summed E-state index contributed by atoms with van der Waals surface area (Å²) in [5.74, 6) is 0.956. The van der Waals surface area contributed by atoms with Crippen LogP contribution in [0.1, 0.15) is 24.6 Å². The second-order valence-electron chi connectivity index (χ2n) is 7.75. The quantitative estimate of drug-likeness (QED) is 0.652. The Hall–Kier alpha value is -3.17. The van der Waals surface area contributed by atoms with Crippen molar-refractivity contribution < 1.29 is 17.9 Å². The number of sulfonamides is 1. The number of piperidine rings is 1. The van der Waals surface area contributed by atoms with E-state index in [0.29, 0.717) is 24.5 Å². The fourth-order valence-corrected chi connectivity index (χ4v) is 5.61. The highest BCUT2D eigenvalue weighted by Gasteiger charge is 2.33. The minimum Gasteiger partial charge on any atom is -0.482 e. The van der Waals surface area contributed by atoms with E-state index >= 15 is 0 Å². The summed E-state index contributed by atoms with van der Waals surface area (Å²) in [6.45, 7) is 0.732. The maximum atomic E-state index is 13.3. The molecule has 0 spiro atoms. The van der Waals surface area contributed by atoms with E-state index in [9.17, 15) is 13.2 Å². The molecular formula is C22H22N4O4S. The van der Waals surface area contributed by atoms with Gasteiger partial charge in [0, 0.05) is 19.0 Å². The highest BCUT2D eigenvalue weighted by Crippen LogP contribution is 2.34. The molecule has 160 valence electrons. The summed E-state index contributed by atoms with van der Waals surface area (Å²) in [7, 11) is -3.71. The number of amides is 1. The summed E-state index contributed by atoms with van der Waals surface area (Å²) >= 11 is 0. The molecule has 2 aliphatic rings. The summed E-state index contributed by atoms with van der Waals surface area (Å²) in [5, 5.41) is 2.67. The molecule has 2 N–H and O–H groups in total. The molecule has 8 nitrogen and oxygen atoms in total. The molecule has 5 rings (SSSR count). The van der Waals surface area contributed by atoms with Gasteiger partial charge in [0.15, 0.2) is 6.61 Å². The van der Waals surface area contributed by atoms with E-state index in [0.717, 1.165) is 29.9 Å². The van der Waals surface area contributed by atoms with Crippen molar-refractivity contribution >= 4 is 21.6 Å². The summed E-state index contributed by atoms with van der Waals surface area (Å²) in [5.41, 5.74) is 2.34. The molecule has 1 aromatic heterocycles. The first kappa shape index (κ1) is 19.8. The molecule has 0 bridgehead atoms. The van der Waals surface area contributed by atoms with Gasteiger partial charge in [0.2, 0.25) is 10.0 Å². The van der Waals surface area contributed by atoms with E-state index in [2.05, 4.69) is 15.3 Å². The Balaban J connectivity index is 1.37. The number of carbonyl (C=O) groups excluding carboxylic acids is 1. The van der Waals surface area contributed by atoms with Crippen molar-refractivity contribution in [3.05, 3.63) is 60.6 Å². The molecule has 2 aromatic carbocycles. The molecule has 1 unspecified atom stereocenters. The maximum absolute atomic E-state index is 13.3. The second kappa shape index (κ2) is 7.82. The van der Waals surface area contributed by atoms with Crippen LogP contribution in [-0.2, 0) is 14.8 Å². The SMILES string of the molecule is O=C1COc2ccc(S(=O)(=O)N3CCCC(c4ncc(-c5ccccc5)[nH]4)C3)cc2N1. The van der Waals surface area contributed by atoms with Gasteiger partial charge < -0.3 is 15.0 Å². The summed E-state index contributed by atoms with van der Waals surface area (Å²) in [4.78, 5) is 19.6. The molecule has 3 aromatic rings. The highest BCUT2D eigenvalue weighted by atomic mass is 32.2. The van der Waals surface area contributed by atoms with Gasteiger partial charge in [-0.3, -0.25) is 4.79 Å². The van der Waals surface area contributed by atoms with Crippen LogP contribution in [0.5, 0.6) is 5.75 Å². The number of H-pyrrole nitrogens is 1. The number of fused-ring (bicyclic) bond motifs is 1. The van der Waals surface area contributed by atoms with Gasteiger partial charge in [-0.15, -0.1) is 0 Å². The Kier molecular flexibility index (Phi) is 4.99. The van der Waals surface area contributed by atoms with Crippen LogP contribution in [0.15, 0.2) is 59.6 Å². The van der Waals surface area contributed by atoms with Crippen molar-refractivity contribution in [1.82, 2.24) is 14.3 Å². The van der Waals surface area contributed by atoms with Crippen LogP contribution in [-0.4, -0.2) is 48.3 Å². The van der Waals surface area contributed by atoms with Gasteiger partial charge in [-0.2, -0.15) is 4.31 Å². The number of rotatable bonds is 4. The van der Waals surface area contributed by atoms with E-state index in [-0.39, 0.29) is 23.3 Å². The van der Waals surface area contributed by atoms with Crippen LogP contribution in [0.4, 0.5) is 5.69 Å². The summed E-state index contributed by atoms with van der Waals surface area (Å²) in [6.07, 6.45) is 3.40. The molecule has 1 amide bonds. The third-order valence-electron chi connectivity index (χ3n) is 5.67. The molecule has 0 radical (unpaired) electrons. The van der Waals surface area contributed by atoms with Crippen LogP contribution < -0.4 is 10.1 Å². The van der Waals surface area contributed by atoms with E-state index in [4.69, 9.17) is 4.74 Å². The van der Waals surface area contributed by atoms with E-state index in [1.807, 2.05) is 30.3 Å². The summed E-state index contributed by atoms with van der Waals surface area (Å²) in [6, 6.07) is 14.5. The van der Waals surface area contributed by atoms with Crippen molar-refractivity contribution in [3.63, 3.8) is 0 Å². The molecule has 0 aliphatic carbocycles. The lowest BCUT2D eigenvalue weighted by molar-refractivity contribution is -0.118. The number of hydrogen-bond acceptors (Lipinski definition) is 5. The number of benzene rings is 2. The average Bonchev–Trinajstić information content (AvgIpc) is 3.30. The van der Waals surface area contributed by atoms with Gasteiger partial charge in [-0.05, 0) is 36.6 Å². The molecule has 9 heteroatoms. The number of nitrogens with one attached hydrogen (secondary N) is 2. The minimum absolute atomic E-state index is 0.0124. The van der Waals surface area contributed by atoms with Crippen LogP contribution in [0.3, 0.4) is 0 Å². The standard InChI is InChI=1S/C22H22N4O4S/c27-21-14-30-20-9-8-17(11-18(20)24-21)31(28,29)26-10-4-7-16(13-26)22-23-12-19(25-22)15-5-2-1-3-6-15/h1-3,5-6,8-9,11-12,16H,4,7,10,13-14H2,(H,23,25)(H,24,27). The van der Waals surface area contributed by atoms with Gasteiger partial charge in [0.05, 0.1) is 22.5 Å². The van der Waals surface area contributed by atoms with Gasteiger partial charge in [-0.1, -0.05) is 30.3 Å². The largest absolute Gasteiger partial charge is 0.482 e. The Morgan fingerprint density at radius 3 is 2.81 bits per heavy atom. The molecule has 2 aliphatic heterocycles. The summed E-state index contributed by atoms with van der Waals surface area (Å²) < 4.78 is 33.4. The zero-order valence-corrected chi connectivity index (χ0v) is 17.6. The topological polar surface area (TPSA) is 104 Å². The third-order valence-corrected chi connectivity index (χ3v) is 7.53. The van der Waals surface area contributed by atoms with Crippen LogP contribution in [0.2, 0.25) is 0 Å². The van der Waals surface area contributed by atoms with Crippen LogP contribution >= 0.6 is 0 Å². The van der Waals surface area contributed by atoms with E-state index < -0.39 is 10.0 Å². The first-order valence-corrected chi connectivity index (χ1v) is 11.6. The normalized spacial score (nSPS) is 19.4. The predicted octanol–water partition coefficient (Wildman–Crippen LogP) is 2.98. The number of carbonyl (C=O) groups is 1. The molecule has 1 fully saturated rings. The lowest BCUT2D eigenvalue weighted by Gasteiger charge is -2.31. The first-order valence-electron chi connectivity index (χ1n) is 10.2. The molecule has 3 heterocycles. The highest BCUT2D eigenvalue weighted by molar-refractivity contribution is 7.89. The first-order chi connectivity index (χ1) is 15.0. The molecular weight excluding hydrogens is 416 g/mol. The van der Waals surface area contributed by atoms with Crippen LogP contribution in [0.25, 0.3) is 11.3 Å². The number of nitrogens with zero attached hydrogens (tertiary/aromatic N) is 2. The Morgan fingerprint density at radius 2 is 1.97 bits per heavy atom.